The molecule has 4 nitrogen and oxygen atoms in total. The molecule has 1 unspecified atom stereocenters. The summed E-state index contributed by atoms with van der Waals surface area (Å²) >= 11 is 2.05. The maximum Gasteiger partial charge on any atom is 0.318 e. The largest absolute Gasteiger partial charge is 0.461 e. The third kappa shape index (κ3) is 3.54. The Bertz CT molecular complexity index is 284. The SMILES string of the molecule is CC(I)C(=O)OC1CC(C)(C)N(O)C(C)(C)C1. The minimum absolute atomic E-state index is 0.117. The molecule has 0 bridgehead atoms. The highest BCUT2D eigenvalue weighted by Crippen LogP contribution is 2.38. The lowest BCUT2D eigenvalue weighted by Gasteiger charge is -2.50. The molecule has 1 heterocycles. The van der Waals surface area contributed by atoms with Crippen LogP contribution in [-0.2, 0) is 9.53 Å². The Morgan fingerprint density at radius 3 is 2.12 bits per heavy atom. The third-order valence-corrected chi connectivity index (χ3v) is 3.72. The molecule has 0 spiro atoms. The topological polar surface area (TPSA) is 49.8 Å². The van der Waals surface area contributed by atoms with Crippen LogP contribution in [0.25, 0.3) is 0 Å². The van der Waals surface area contributed by atoms with Gasteiger partial charge in [-0.25, -0.2) is 0 Å². The maximum atomic E-state index is 11.6. The van der Waals surface area contributed by atoms with Crippen LogP contribution in [0.15, 0.2) is 0 Å². The predicted octanol–water partition coefficient (Wildman–Crippen LogP) is 2.76. The summed E-state index contributed by atoms with van der Waals surface area (Å²) in [6.45, 7) is 9.66. The Morgan fingerprint density at radius 2 is 1.76 bits per heavy atom. The first-order valence-electron chi connectivity index (χ1n) is 5.90. The second kappa shape index (κ2) is 5.01. The molecule has 0 saturated carbocycles. The summed E-state index contributed by atoms with van der Waals surface area (Å²) in [5, 5.41) is 11.5. The van der Waals surface area contributed by atoms with Gasteiger partial charge in [-0.1, -0.05) is 22.6 Å². The van der Waals surface area contributed by atoms with Crippen LogP contribution >= 0.6 is 22.6 Å². The van der Waals surface area contributed by atoms with Crippen LogP contribution in [0, 0.1) is 0 Å². The molecule has 1 aliphatic heterocycles. The van der Waals surface area contributed by atoms with Gasteiger partial charge in [-0.2, -0.15) is 5.06 Å². The van der Waals surface area contributed by atoms with E-state index in [0.29, 0.717) is 12.8 Å². The Labute approximate surface area is 117 Å². The number of ether oxygens (including phenoxy) is 1. The van der Waals surface area contributed by atoms with E-state index in [2.05, 4.69) is 22.6 Å². The van der Waals surface area contributed by atoms with E-state index in [-0.39, 0.29) is 27.1 Å². The highest BCUT2D eigenvalue weighted by Gasteiger charge is 2.46. The highest BCUT2D eigenvalue weighted by molar-refractivity contribution is 14.1. The monoisotopic (exact) mass is 355 g/mol. The van der Waals surface area contributed by atoms with E-state index in [1.807, 2.05) is 34.6 Å². The number of alkyl halides is 1. The van der Waals surface area contributed by atoms with Gasteiger partial charge in [0.15, 0.2) is 0 Å². The van der Waals surface area contributed by atoms with E-state index in [1.165, 1.54) is 5.06 Å². The van der Waals surface area contributed by atoms with Crippen LogP contribution in [-0.4, -0.2) is 37.3 Å². The zero-order valence-electron chi connectivity index (χ0n) is 11.2. The number of esters is 1. The Hall–Kier alpha value is 0.120. The zero-order chi connectivity index (χ0) is 13.4. The van der Waals surface area contributed by atoms with E-state index in [9.17, 15) is 10.0 Å². The van der Waals surface area contributed by atoms with E-state index >= 15 is 0 Å². The third-order valence-electron chi connectivity index (χ3n) is 3.21. The van der Waals surface area contributed by atoms with Gasteiger partial charge in [0.2, 0.25) is 0 Å². The fourth-order valence-corrected chi connectivity index (χ4v) is 2.67. The highest BCUT2D eigenvalue weighted by atomic mass is 127. The van der Waals surface area contributed by atoms with Gasteiger partial charge >= 0.3 is 5.97 Å². The molecular weight excluding hydrogens is 333 g/mol. The number of nitrogens with zero attached hydrogens (tertiary/aromatic N) is 1. The number of hydrogen-bond acceptors (Lipinski definition) is 4. The second-order valence-electron chi connectivity index (χ2n) is 6.02. The molecule has 1 aliphatic rings. The number of hydrogen-bond donors (Lipinski definition) is 1. The summed E-state index contributed by atoms with van der Waals surface area (Å²) in [7, 11) is 0. The molecule has 5 heteroatoms. The molecule has 0 aromatic rings. The molecule has 1 N–H and O–H groups in total. The van der Waals surface area contributed by atoms with Gasteiger partial charge in [-0.05, 0) is 34.6 Å². The van der Waals surface area contributed by atoms with Crippen molar-refractivity contribution in [2.45, 2.75) is 68.6 Å². The van der Waals surface area contributed by atoms with Gasteiger partial charge in [0, 0.05) is 23.9 Å². The first-order valence-corrected chi connectivity index (χ1v) is 7.14. The molecular formula is C12H22INO3. The average Bonchev–Trinajstić information content (AvgIpc) is 2.12. The van der Waals surface area contributed by atoms with Gasteiger partial charge in [0.25, 0.3) is 0 Å². The van der Waals surface area contributed by atoms with Crippen LogP contribution in [0.2, 0.25) is 0 Å². The summed E-state index contributed by atoms with van der Waals surface area (Å²) < 4.78 is 5.35. The van der Waals surface area contributed by atoms with Crippen LogP contribution in [0.1, 0.15) is 47.5 Å². The summed E-state index contributed by atoms with van der Waals surface area (Å²) in [5.74, 6) is -0.173. The van der Waals surface area contributed by atoms with Crippen LogP contribution in [0.5, 0.6) is 0 Å². The molecule has 1 fully saturated rings. The van der Waals surface area contributed by atoms with Crippen molar-refractivity contribution in [3.63, 3.8) is 0 Å². The summed E-state index contributed by atoms with van der Waals surface area (Å²) in [4.78, 5) is 11.6. The first kappa shape index (κ1) is 15.2. The first-order chi connectivity index (χ1) is 7.56. The number of piperidine rings is 1. The van der Waals surface area contributed by atoms with Gasteiger partial charge in [0.1, 0.15) is 10.0 Å². The van der Waals surface area contributed by atoms with Crippen molar-refractivity contribution in [2.75, 3.05) is 0 Å². The summed E-state index contributed by atoms with van der Waals surface area (Å²) in [6.07, 6.45) is 1.19. The van der Waals surface area contributed by atoms with Gasteiger partial charge in [0.05, 0.1) is 0 Å². The molecule has 0 amide bonds. The molecule has 1 rings (SSSR count). The summed E-state index contributed by atoms with van der Waals surface area (Å²) in [6, 6.07) is 0. The van der Waals surface area contributed by atoms with Crippen LogP contribution in [0.4, 0.5) is 0 Å². The van der Waals surface area contributed by atoms with Crippen molar-refractivity contribution >= 4 is 28.6 Å². The minimum Gasteiger partial charge on any atom is -0.461 e. The lowest BCUT2D eigenvalue weighted by molar-refractivity contribution is -0.259. The summed E-state index contributed by atoms with van der Waals surface area (Å²) in [5.41, 5.74) is -0.748. The fraction of sp³-hybridized carbons (Fsp3) is 0.917. The van der Waals surface area contributed by atoms with Crippen molar-refractivity contribution in [1.82, 2.24) is 5.06 Å². The molecule has 0 aromatic carbocycles. The van der Waals surface area contributed by atoms with Crippen molar-refractivity contribution in [1.29, 1.82) is 0 Å². The predicted molar refractivity (Wildman–Crippen MR) is 74.4 cm³/mol. The number of carbonyl (C=O) groups excluding carboxylic acids is 1. The van der Waals surface area contributed by atoms with Crippen LogP contribution < -0.4 is 0 Å². The Balaban J connectivity index is 2.75. The van der Waals surface area contributed by atoms with E-state index in [0.717, 1.165) is 0 Å². The lowest BCUT2D eigenvalue weighted by Crippen LogP contribution is -2.60. The quantitative estimate of drug-likeness (QED) is 0.470. The van der Waals surface area contributed by atoms with Crippen LogP contribution in [0.3, 0.4) is 0 Å². The minimum atomic E-state index is -0.374. The van der Waals surface area contributed by atoms with Gasteiger partial charge < -0.3 is 9.94 Å². The molecule has 1 saturated heterocycles. The molecule has 0 aromatic heterocycles. The Morgan fingerprint density at radius 1 is 1.35 bits per heavy atom. The zero-order valence-corrected chi connectivity index (χ0v) is 13.3. The molecule has 17 heavy (non-hydrogen) atoms. The van der Waals surface area contributed by atoms with E-state index < -0.39 is 0 Å². The Kier molecular flexibility index (Phi) is 4.47. The van der Waals surface area contributed by atoms with Gasteiger partial charge in [-0.15, -0.1) is 0 Å². The normalized spacial score (nSPS) is 26.5. The average molecular weight is 355 g/mol. The second-order valence-corrected chi connectivity index (χ2v) is 7.89. The number of rotatable bonds is 2. The molecule has 0 aliphatic carbocycles. The van der Waals surface area contributed by atoms with Gasteiger partial charge in [-0.3, -0.25) is 4.79 Å². The van der Waals surface area contributed by atoms with Crippen molar-refractivity contribution < 1.29 is 14.7 Å². The van der Waals surface area contributed by atoms with Crippen molar-refractivity contribution in [3.05, 3.63) is 0 Å². The fourth-order valence-electron chi connectivity index (χ4n) is 2.52. The van der Waals surface area contributed by atoms with Crippen molar-refractivity contribution in [2.24, 2.45) is 0 Å². The van der Waals surface area contributed by atoms with Crippen molar-refractivity contribution in [3.8, 4) is 0 Å². The maximum absolute atomic E-state index is 11.6. The number of carbonyl (C=O) groups is 1. The standard InChI is InChI=1S/C12H22INO3/c1-8(13)10(15)17-9-6-11(2,3)14(16)12(4,5)7-9/h8-9,16H,6-7H2,1-5H3. The molecule has 1 atom stereocenters. The molecule has 0 radical (unpaired) electrons. The molecule has 100 valence electrons. The van der Waals surface area contributed by atoms with E-state index in [1.54, 1.807) is 0 Å². The number of halogens is 1. The lowest BCUT2D eigenvalue weighted by atomic mass is 9.80. The smallest absolute Gasteiger partial charge is 0.318 e. The van der Waals surface area contributed by atoms with E-state index in [4.69, 9.17) is 4.74 Å². The number of hydroxylamine groups is 2.